The van der Waals surface area contributed by atoms with E-state index in [-0.39, 0.29) is 17.7 Å². The van der Waals surface area contributed by atoms with Gasteiger partial charge in [0.05, 0.1) is 10.9 Å². The van der Waals surface area contributed by atoms with E-state index in [0.717, 1.165) is 19.8 Å². The van der Waals surface area contributed by atoms with Crippen molar-refractivity contribution in [1.82, 2.24) is 4.90 Å². The third-order valence-corrected chi connectivity index (χ3v) is 5.72. The maximum atomic E-state index is 12.6. The van der Waals surface area contributed by atoms with Crippen LogP contribution in [0.1, 0.15) is 28.2 Å². The van der Waals surface area contributed by atoms with Crippen LogP contribution in [0.25, 0.3) is 9.40 Å². The number of carbonyl (C=O) groups is 1. The van der Waals surface area contributed by atoms with Gasteiger partial charge in [-0.15, -0.1) is 22.7 Å². The van der Waals surface area contributed by atoms with E-state index in [1.54, 1.807) is 35.4 Å². The molecule has 1 amide bonds. The number of phenolic OH excluding ortho intramolecular Hbond substituents is 1. The molecular weight excluding hydrogens is 302 g/mol. The molecule has 3 rings (SSSR count). The molecule has 0 fully saturated rings. The van der Waals surface area contributed by atoms with Gasteiger partial charge in [0, 0.05) is 22.0 Å². The highest BCUT2D eigenvalue weighted by Gasteiger charge is 2.22. The molecule has 108 valence electrons. The van der Waals surface area contributed by atoms with Gasteiger partial charge in [-0.1, -0.05) is 18.2 Å². The highest BCUT2D eigenvalue weighted by atomic mass is 32.1. The molecule has 0 radical (unpaired) electrons. The van der Waals surface area contributed by atoms with E-state index in [4.69, 9.17) is 0 Å². The predicted octanol–water partition coefficient (Wildman–Crippen LogP) is 4.50. The maximum Gasteiger partial charge on any atom is 0.264 e. The SMILES string of the molecule is CC(c1ccccc1O)N(C)C(=O)c1cc2sccc2s1. The van der Waals surface area contributed by atoms with Gasteiger partial charge < -0.3 is 10.0 Å². The Morgan fingerprint density at radius 1 is 1.24 bits per heavy atom. The number of hydrogen-bond donors (Lipinski definition) is 1. The lowest BCUT2D eigenvalue weighted by Crippen LogP contribution is -2.29. The average molecular weight is 317 g/mol. The molecule has 0 saturated heterocycles. The Balaban J connectivity index is 1.87. The summed E-state index contributed by atoms with van der Waals surface area (Å²) < 4.78 is 2.29. The van der Waals surface area contributed by atoms with Gasteiger partial charge in [0.25, 0.3) is 5.91 Å². The average Bonchev–Trinajstić information content (AvgIpc) is 3.06. The summed E-state index contributed by atoms with van der Waals surface area (Å²) in [7, 11) is 1.77. The van der Waals surface area contributed by atoms with E-state index < -0.39 is 0 Å². The molecule has 21 heavy (non-hydrogen) atoms. The summed E-state index contributed by atoms with van der Waals surface area (Å²) in [5, 5.41) is 12.0. The zero-order valence-corrected chi connectivity index (χ0v) is 13.4. The number of fused-ring (bicyclic) bond motifs is 1. The molecule has 3 aromatic rings. The van der Waals surface area contributed by atoms with Gasteiger partial charge >= 0.3 is 0 Å². The van der Waals surface area contributed by atoms with Crippen LogP contribution >= 0.6 is 22.7 Å². The first-order chi connectivity index (χ1) is 10.1. The Bertz CT molecular complexity index is 762. The molecule has 2 heterocycles. The molecule has 0 spiro atoms. The minimum Gasteiger partial charge on any atom is -0.508 e. The number of hydrogen-bond acceptors (Lipinski definition) is 4. The highest BCUT2D eigenvalue weighted by molar-refractivity contribution is 7.27. The Kier molecular flexibility index (Phi) is 3.69. The zero-order chi connectivity index (χ0) is 15.0. The molecular formula is C16H15NO2S2. The number of amides is 1. The van der Waals surface area contributed by atoms with Crippen LogP contribution in [0.4, 0.5) is 0 Å². The molecule has 0 aliphatic heterocycles. The van der Waals surface area contributed by atoms with Crippen LogP contribution in [0.3, 0.4) is 0 Å². The summed E-state index contributed by atoms with van der Waals surface area (Å²) in [6, 6.07) is 10.9. The summed E-state index contributed by atoms with van der Waals surface area (Å²) in [6.45, 7) is 1.92. The van der Waals surface area contributed by atoms with Crippen molar-refractivity contribution in [1.29, 1.82) is 0 Å². The van der Waals surface area contributed by atoms with Crippen molar-refractivity contribution in [3.05, 3.63) is 52.2 Å². The first-order valence-electron chi connectivity index (χ1n) is 6.60. The molecule has 0 aliphatic rings. The summed E-state index contributed by atoms with van der Waals surface area (Å²) in [5.74, 6) is 0.205. The lowest BCUT2D eigenvalue weighted by molar-refractivity contribution is 0.0746. The predicted molar refractivity (Wildman–Crippen MR) is 88.3 cm³/mol. The van der Waals surface area contributed by atoms with Crippen LogP contribution < -0.4 is 0 Å². The minimum atomic E-state index is -0.182. The minimum absolute atomic E-state index is 0.0147. The van der Waals surface area contributed by atoms with Crippen LogP contribution in [0.2, 0.25) is 0 Å². The number of nitrogens with zero attached hydrogens (tertiary/aromatic N) is 1. The van der Waals surface area contributed by atoms with Gasteiger partial charge in [0.15, 0.2) is 0 Å². The monoisotopic (exact) mass is 317 g/mol. The van der Waals surface area contributed by atoms with Crippen LogP contribution in [0.15, 0.2) is 41.8 Å². The number of rotatable bonds is 3. The van der Waals surface area contributed by atoms with Crippen LogP contribution in [-0.2, 0) is 0 Å². The van der Waals surface area contributed by atoms with Crippen molar-refractivity contribution >= 4 is 38.0 Å². The summed E-state index contributed by atoms with van der Waals surface area (Å²) >= 11 is 3.16. The zero-order valence-electron chi connectivity index (χ0n) is 11.7. The molecule has 5 heteroatoms. The molecule has 1 unspecified atom stereocenters. The first kappa shape index (κ1) is 14.1. The number of para-hydroxylation sites is 1. The Morgan fingerprint density at radius 2 is 2.00 bits per heavy atom. The number of benzene rings is 1. The van der Waals surface area contributed by atoms with Gasteiger partial charge in [-0.3, -0.25) is 4.79 Å². The van der Waals surface area contributed by atoms with Gasteiger partial charge in [-0.05, 0) is 30.5 Å². The fourth-order valence-electron chi connectivity index (χ4n) is 2.27. The van der Waals surface area contributed by atoms with Crippen LogP contribution in [0, 0.1) is 0 Å². The lowest BCUT2D eigenvalue weighted by Gasteiger charge is -2.25. The smallest absolute Gasteiger partial charge is 0.264 e. The van der Waals surface area contributed by atoms with Gasteiger partial charge in [0.1, 0.15) is 5.75 Å². The summed E-state index contributed by atoms with van der Waals surface area (Å²) in [6.07, 6.45) is 0. The second-order valence-corrected chi connectivity index (χ2v) is 6.94. The van der Waals surface area contributed by atoms with Crippen LogP contribution in [-0.4, -0.2) is 23.0 Å². The fraction of sp³-hybridized carbons (Fsp3) is 0.188. The Labute approximate surface area is 131 Å². The molecule has 1 N–H and O–H groups in total. The molecule has 0 bridgehead atoms. The van der Waals surface area contributed by atoms with Gasteiger partial charge in [-0.25, -0.2) is 0 Å². The molecule has 1 atom stereocenters. The molecule has 0 aliphatic carbocycles. The van der Waals surface area contributed by atoms with Crippen LogP contribution in [0.5, 0.6) is 5.75 Å². The number of phenols is 1. The third-order valence-electron chi connectivity index (χ3n) is 3.64. The molecule has 0 saturated carbocycles. The molecule has 2 aromatic heterocycles. The normalized spacial score (nSPS) is 12.5. The Morgan fingerprint density at radius 3 is 2.71 bits per heavy atom. The van der Waals surface area contributed by atoms with Crippen molar-refractivity contribution in [3.8, 4) is 5.75 Å². The van der Waals surface area contributed by atoms with E-state index >= 15 is 0 Å². The van der Waals surface area contributed by atoms with Crippen molar-refractivity contribution in [2.24, 2.45) is 0 Å². The maximum absolute atomic E-state index is 12.6. The van der Waals surface area contributed by atoms with E-state index in [1.807, 2.05) is 36.6 Å². The number of aromatic hydroxyl groups is 1. The van der Waals surface area contributed by atoms with Crippen molar-refractivity contribution in [2.75, 3.05) is 7.05 Å². The second-order valence-electron chi connectivity index (χ2n) is 4.91. The largest absolute Gasteiger partial charge is 0.508 e. The third kappa shape index (κ3) is 2.54. The second kappa shape index (κ2) is 5.50. The van der Waals surface area contributed by atoms with Crippen molar-refractivity contribution < 1.29 is 9.90 Å². The topological polar surface area (TPSA) is 40.5 Å². The quantitative estimate of drug-likeness (QED) is 0.772. The van der Waals surface area contributed by atoms with Crippen molar-refractivity contribution in [3.63, 3.8) is 0 Å². The standard InChI is InChI=1S/C16H15NO2S2/c1-10(11-5-3-4-6-12(11)18)17(2)16(19)15-9-14-13(21-15)7-8-20-14/h3-10,18H,1-2H3. The Hall–Kier alpha value is -1.85. The molecule has 3 nitrogen and oxygen atoms in total. The van der Waals surface area contributed by atoms with Gasteiger partial charge in [-0.2, -0.15) is 0 Å². The van der Waals surface area contributed by atoms with E-state index in [1.165, 1.54) is 11.3 Å². The van der Waals surface area contributed by atoms with E-state index in [9.17, 15) is 9.90 Å². The van der Waals surface area contributed by atoms with E-state index in [2.05, 4.69) is 0 Å². The highest BCUT2D eigenvalue weighted by Crippen LogP contribution is 2.33. The summed E-state index contributed by atoms with van der Waals surface area (Å²) in [5.41, 5.74) is 0.756. The summed E-state index contributed by atoms with van der Waals surface area (Å²) in [4.78, 5) is 15.0. The molecule has 1 aromatic carbocycles. The number of thiophene rings is 2. The van der Waals surface area contributed by atoms with Crippen molar-refractivity contribution in [2.45, 2.75) is 13.0 Å². The lowest BCUT2D eigenvalue weighted by atomic mass is 10.1. The fourth-order valence-corrected chi connectivity index (χ4v) is 4.36. The number of carbonyl (C=O) groups excluding carboxylic acids is 1. The van der Waals surface area contributed by atoms with Gasteiger partial charge in [0.2, 0.25) is 0 Å². The first-order valence-corrected chi connectivity index (χ1v) is 8.29. The van der Waals surface area contributed by atoms with E-state index in [0.29, 0.717) is 0 Å².